The predicted molar refractivity (Wildman–Crippen MR) is 84.3 cm³/mol. The molecule has 1 N–H and O–H groups in total. The van der Waals surface area contributed by atoms with Gasteiger partial charge in [0, 0.05) is 25.7 Å². The van der Waals surface area contributed by atoms with Gasteiger partial charge in [0.15, 0.2) is 0 Å². The summed E-state index contributed by atoms with van der Waals surface area (Å²) in [5, 5.41) is 3.12. The van der Waals surface area contributed by atoms with Crippen LogP contribution >= 0.6 is 0 Å². The summed E-state index contributed by atoms with van der Waals surface area (Å²) in [4.78, 5) is 14.5. The Bertz CT molecular complexity index is 333. The van der Waals surface area contributed by atoms with Crippen molar-refractivity contribution in [1.29, 1.82) is 0 Å². The molecule has 0 aromatic carbocycles. The molecule has 1 fully saturated rings. The van der Waals surface area contributed by atoms with Crippen molar-refractivity contribution in [2.24, 2.45) is 5.92 Å². The Morgan fingerprint density at radius 2 is 2.00 bits per heavy atom. The lowest BCUT2D eigenvalue weighted by molar-refractivity contribution is -0.148. The maximum absolute atomic E-state index is 12.0. The first-order valence-electron chi connectivity index (χ1n) is 7.91. The number of carbonyl (C=O) groups excluding carboxylic acids is 1. The molecule has 1 aliphatic carbocycles. The van der Waals surface area contributed by atoms with E-state index in [2.05, 4.69) is 24.1 Å². The molecule has 3 unspecified atom stereocenters. The number of carbonyl (C=O) groups is 1. The molecule has 0 bridgehead atoms. The standard InChI is InChI=1S/C16H32N2O3/c1-12(11-16(3,17-4)15(19)21-6)18(9-10-20-5)13(2)14-7-8-14/h12-14,17H,7-11H2,1-6H3. The number of hydrogen-bond donors (Lipinski definition) is 1. The van der Waals surface area contributed by atoms with Gasteiger partial charge < -0.3 is 14.8 Å². The molecule has 0 heterocycles. The molecule has 21 heavy (non-hydrogen) atoms. The molecule has 5 heteroatoms. The largest absolute Gasteiger partial charge is 0.468 e. The van der Waals surface area contributed by atoms with Crippen LogP contribution < -0.4 is 5.32 Å². The van der Waals surface area contributed by atoms with Crippen molar-refractivity contribution in [3.8, 4) is 0 Å². The minimum absolute atomic E-state index is 0.206. The first kappa shape index (κ1) is 18.4. The van der Waals surface area contributed by atoms with Gasteiger partial charge in [-0.3, -0.25) is 9.69 Å². The maximum Gasteiger partial charge on any atom is 0.325 e. The second-order valence-electron chi connectivity index (χ2n) is 6.44. The first-order chi connectivity index (χ1) is 9.89. The minimum atomic E-state index is -0.650. The van der Waals surface area contributed by atoms with E-state index in [0.717, 1.165) is 25.5 Å². The highest BCUT2D eigenvalue weighted by atomic mass is 16.5. The predicted octanol–water partition coefficient (Wildman–Crippen LogP) is 1.66. The van der Waals surface area contributed by atoms with Crippen molar-refractivity contribution < 1.29 is 14.3 Å². The van der Waals surface area contributed by atoms with E-state index in [1.54, 1.807) is 7.11 Å². The second-order valence-corrected chi connectivity index (χ2v) is 6.44. The molecule has 1 aliphatic rings. The smallest absolute Gasteiger partial charge is 0.325 e. The van der Waals surface area contributed by atoms with Crippen LogP contribution in [0.1, 0.15) is 40.0 Å². The highest BCUT2D eigenvalue weighted by Crippen LogP contribution is 2.36. The fraction of sp³-hybridized carbons (Fsp3) is 0.938. The zero-order valence-corrected chi connectivity index (χ0v) is 14.4. The van der Waals surface area contributed by atoms with Crippen LogP contribution in [0.4, 0.5) is 0 Å². The van der Waals surface area contributed by atoms with Crippen LogP contribution in [0.5, 0.6) is 0 Å². The number of methoxy groups -OCH3 is 2. The van der Waals surface area contributed by atoms with Gasteiger partial charge >= 0.3 is 5.97 Å². The van der Waals surface area contributed by atoms with E-state index in [4.69, 9.17) is 9.47 Å². The molecule has 3 atom stereocenters. The Kier molecular flexibility index (Phi) is 7.10. The van der Waals surface area contributed by atoms with Gasteiger partial charge in [-0.15, -0.1) is 0 Å². The number of esters is 1. The van der Waals surface area contributed by atoms with Gasteiger partial charge in [0.05, 0.1) is 13.7 Å². The van der Waals surface area contributed by atoms with Gasteiger partial charge in [0.1, 0.15) is 5.54 Å². The van der Waals surface area contributed by atoms with Gasteiger partial charge in [-0.1, -0.05) is 0 Å². The summed E-state index contributed by atoms with van der Waals surface area (Å²) in [7, 11) is 4.99. The Labute approximate surface area is 129 Å². The van der Waals surface area contributed by atoms with Gasteiger partial charge in [0.25, 0.3) is 0 Å². The molecule has 0 saturated heterocycles. The normalized spacial score (nSPS) is 20.9. The Hall–Kier alpha value is -0.650. The van der Waals surface area contributed by atoms with Gasteiger partial charge in [-0.2, -0.15) is 0 Å². The summed E-state index contributed by atoms with van der Waals surface area (Å²) in [5.74, 6) is 0.589. The van der Waals surface area contributed by atoms with Crippen molar-refractivity contribution in [3.05, 3.63) is 0 Å². The number of likely N-dealkylation sites (N-methyl/N-ethyl adjacent to an activating group) is 1. The van der Waals surface area contributed by atoms with Crippen molar-refractivity contribution in [3.63, 3.8) is 0 Å². The quantitative estimate of drug-likeness (QED) is 0.622. The molecule has 0 aliphatic heterocycles. The lowest BCUT2D eigenvalue weighted by Gasteiger charge is -2.38. The van der Waals surface area contributed by atoms with E-state index >= 15 is 0 Å². The van der Waals surface area contributed by atoms with Crippen molar-refractivity contribution in [2.45, 2.75) is 57.7 Å². The topological polar surface area (TPSA) is 50.8 Å². The highest BCUT2D eigenvalue weighted by molar-refractivity contribution is 5.80. The summed E-state index contributed by atoms with van der Waals surface area (Å²) >= 11 is 0. The average Bonchev–Trinajstić information content (AvgIpc) is 3.30. The molecule has 1 rings (SSSR count). The third kappa shape index (κ3) is 4.94. The van der Waals surface area contributed by atoms with Gasteiger partial charge in [-0.05, 0) is 53.0 Å². The molecule has 0 spiro atoms. The molecular weight excluding hydrogens is 268 g/mol. The summed E-state index contributed by atoms with van der Waals surface area (Å²) in [6.45, 7) is 8.00. The molecule has 0 aromatic heterocycles. The Morgan fingerprint density at radius 1 is 1.38 bits per heavy atom. The van der Waals surface area contributed by atoms with Crippen LogP contribution in [-0.4, -0.2) is 62.9 Å². The van der Waals surface area contributed by atoms with Crippen molar-refractivity contribution >= 4 is 5.97 Å². The zero-order chi connectivity index (χ0) is 16.0. The van der Waals surface area contributed by atoms with E-state index in [1.165, 1.54) is 20.0 Å². The van der Waals surface area contributed by atoms with E-state index in [1.807, 2.05) is 14.0 Å². The molecule has 5 nitrogen and oxygen atoms in total. The van der Waals surface area contributed by atoms with E-state index in [0.29, 0.717) is 6.04 Å². The molecule has 0 radical (unpaired) electrons. The third-order valence-corrected chi connectivity index (χ3v) is 4.84. The third-order valence-electron chi connectivity index (χ3n) is 4.84. The summed E-state index contributed by atoms with van der Waals surface area (Å²) in [6, 6.07) is 0.821. The summed E-state index contributed by atoms with van der Waals surface area (Å²) in [5.41, 5.74) is -0.650. The molecule has 0 amide bonds. The first-order valence-corrected chi connectivity index (χ1v) is 7.91. The monoisotopic (exact) mass is 300 g/mol. The van der Waals surface area contributed by atoms with Gasteiger partial charge in [-0.25, -0.2) is 0 Å². The Morgan fingerprint density at radius 3 is 2.43 bits per heavy atom. The molecule has 0 aromatic rings. The minimum Gasteiger partial charge on any atom is -0.468 e. The number of hydrogen-bond acceptors (Lipinski definition) is 5. The number of nitrogens with one attached hydrogen (secondary N) is 1. The average molecular weight is 300 g/mol. The number of ether oxygens (including phenoxy) is 2. The van der Waals surface area contributed by atoms with Crippen LogP contribution in [-0.2, 0) is 14.3 Å². The fourth-order valence-corrected chi connectivity index (χ4v) is 3.09. The van der Waals surface area contributed by atoms with Crippen LogP contribution in [0.15, 0.2) is 0 Å². The second kappa shape index (κ2) is 8.11. The summed E-state index contributed by atoms with van der Waals surface area (Å²) in [6.07, 6.45) is 3.35. The van der Waals surface area contributed by atoms with E-state index in [-0.39, 0.29) is 12.0 Å². The zero-order valence-electron chi connectivity index (χ0n) is 14.4. The van der Waals surface area contributed by atoms with Crippen LogP contribution in [0.3, 0.4) is 0 Å². The fourth-order valence-electron chi connectivity index (χ4n) is 3.09. The van der Waals surface area contributed by atoms with Crippen molar-refractivity contribution in [1.82, 2.24) is 10.2 Å². The van der Waals surface area contributed by atoms with Crippen LogP contribution in [0.2, 0.25) is 0 Å². The van der Waals surface area contributed by atoms with Gasteiger partial charge in [0.2, 0.25) is 0 Å². The Balaban J connectivity index is 2.73. The highest BCUT2D eigenvalue weighted by Gasteiger charge is 2.39. The van der Waals surface area contributed by atoms with E-state index in [9.17, 15) is 4.79 Å². The molecule has 124 valence electrons. The number of nitrogens with zero attached hydrogens (tertiary/aromatic N) is 1. The maximum atomic E-state index is 12.0. The van der Waals surface area contributed by atoms with Crippen LogP contribution in [0.25, 0.3) is 0 Å². The van der Waals surface area contributed by atoms with Crippen LogP contribution in [0, 0.1) is 5.92 Å². The SMILES string of the molecule is CNC(C)(CC(C)N(CCOC)C(C)C1CC1)C(=O)OC. The van der Waals surface area contributed by atoms with E-state index < -0.39 is 5.54 Å². The number of rotatable bonds is 10. The summed E-state index contributed by atoms with van der Waals surface area (Å²) < 4.78 is 10.2. The van der Waals surface area contributed by atoms with Crippen molar-refractivity contribution in [2.75, 3.05) is 34.4 Å². The lowest BCUT2D eigenvalue weighted by Crippen LogP contribution is -2.54. The molecular formula is C16H32N2O3. The molecule has 1 saturated carbocycles. The lowest BCUT2D eigenvalue weighted by atomic mass is 9.92.